The van der Waals surface area contributed by atoms with Crippen LogP contribution < -0.4 is 0 Å². The summed E-state index contributed by atoms with van der Waals surface area (Å²) in [5.41, 5.74) is 6.27. The molecule has 0 saturated carbocycles. The second-order valence-electron chi connectivity index (χ2n) is 6.08. The van der Waals surface area contributed by atoms with Crippen molar-refractivity contribution in [3.05, 3.63) is 58.7 Å². The molecule has 0 unspecified atom stereocenters. The summed E-state index contributed by atoms with van der Waals surface area (Å²) in [6.45, 7) is 4.10. The maximum atomic E-state index is 11.2. The van der Waals surface area contributed by atoms with Crippen molar-refractivity contribution in [1.29, 1.82) is 0 Å². The summed E-state index contributed by atoms with van der Waals surface area (Å²) in [6.07, 6.45) is 3.52. The summed E-state index contributed by atoms with van der Waals surface area (Å²) >= 11 is 0. The average molecular weight is 330 g/mol. The standard InChI is InChI=1S/C19H22O3S/c1-14-10-16(7-5-9-23(3,21)22)11-15(2)19(14)18-8-4-6-17(12-18)13-20/h4,6,8,10-13H,5,7,9H2,1-3H3. The molecule has 0 atom stereocenters. The molecule has 0 amide bonds. The van der Waals surface area contributed by atoms with Gasteiger partial charge in [-0.25, -0.2) is 8.42 Å². The predicted octanol–water partition coefficient (Wildman–Crippen LogP) is 3.76. The fraction of sp³-hybridized carbons (Fsp3) is 0.316. The van der Waals surface area contributed by atoms with Crippen molar-refractivity contribution in [3.63, 3.8) is 0 Å². The number of sulfone groups is 1. The first kappa shape index (κ1) is 17.4. The maximum Gasteiger partial charge on any atom is 0.150 e. The number of aryl methyl sites for hydroxylation is 3. The highest BCUT2D eigenvalue weighted by Crippen LogP contribution is 2.29. The van der Waals surface area contributed by atoms with Gasteiger partial charge in [0.2, 0.25) is 0 Å². The molecule has 0 bridgehead atoms. The van der Waals surface area contributed by atoms with E-state index in [1.165, 1.54) is 6.26 Å². The minimum absolute atomic E-state index is 0.216. The molecule has 0 saturated heterocycles. The van der Waals surface area contributed by atoms with Gasteiger partial charge in [0, 0.05) is 11.8 Å². The number of hydrogen-bond donors (Lipinski definition) is 0. The van der Waals surface area contributed by atoms with Gasteiger partial charge in [0.1, 0.15) is 16.1 Å². The Morgan fingerprint density at radius 2 is 1.70 bits per heavy atom. The average Bonchev–Trinajstić information content (AvgIpc) is 2.45. The van der Waals surface area contributed by atoms with Crippen LogP contribution in [-0.4, -0.2) is 26.7 Å². The zero-order valence-corrected chi connectivity index (χ0v) is 14.6. The van der Waals surface area contributed by atoms with Gasteiger partial charge < -0.3 is 0 Å². The van der Waals surface area contributed by atoms with Crippen molar-refractivity contribution in [2.45, 2.75) is 26.7 Å². The Labute approximate surface area is 138 Å². The van der Waals surface area contributed by atoms with Crippen LogP contribution in [0.5, 0.6) is 0 Å². The number of aldehydes is 1. The molecule has 0 aromatic heterocycles. The van der Waals surface area contributed by atoms with Crippen LogP contribution in [0.15, 0.2) is 36.4 Å². The Morgan fingerprint density at radius 3 is 2.26 bits per heavy atom. The van der Waals surface area contributed by atoms with Gasteiger partial charge in [0.05, 0.1) is 5.75 Å². The molecule has 0 aliphatic heterocycles. The van der Waals surface area contributed by atoms with E-state index in [1.54, 1.807) is 6.07 Å². The molecule has 2 aromatic carbocycles. The quantitative estimate of drug-likeness (QED) is 0.758. The Kier molecular flexibility index (Phi) is 5.37. The number of benzene rings is 2. The largest absolute Gasteiger partial charge is 0.298 e. The van der Waals surface area contributed by atoms with Gasteiger partial charge in [-0.1, -0.05) is 30.3 Å². The highest BCUT2D eigenvalue weighted by molar-refractivity contribution is 7.90. The Balaban J connectivity index is 2.28. The first-order valence-electron chi connectivity index (χ1n) is 7.63. The molecule has 0 heterocycles. The second kappa shape index (κ2) is 7.09. The summed E-state index contributed by atoms with van der Waals surface area (Å²) in [7, 11) is -2.91. The Morgan fingerprint density at radius 1 is 1.04 bits per heavy atom. The summed E-state index contributed by atoms with van der Waals surface area (Å²) < 4.78 is 22.5. The lowest BCUT2D eigenvalue weighted by molar-refractivity contribution is 0.112. The second-order valence-corrected chi connectivity index (χ2v) is 8.34. The third-order valence-corrected chi connectivity index (χ3v) is 4.91. The van der Waals surface area contributed by atoms with Gasteiger partial charge in [-0.3, -0.25) is 4.79 Å². The molecular weight excluding hydrogens is 308 g/mol. The van der Waals surface area contributed by atoms with E-state index in [0.29, 0.717) is 12.0 Å². The van der Waals surface area contributed by atoms with Crippen LogP contribution in [0, 0.1) is 13.8 Å². The highest BCUT2D eigenvalue weighted by atomic mass is 32.2. The smallest absolute Gasteiger partial charge is 0.150 e. The van der Waals surface area contributed by atoms with E-state index in [2.05, 4.69) is 26.0 Å². The van der Waals surface area contributed by atoms with Crippen molar-refractivity contribution in [1.82, 2.24) is 0 Å². The normalized spacial score (nSPS) is 11.4. The topological polar surface area (TPSA) is 51.2 Å². The van der Waals surface area contributed by atoms with Crippen LogP contribution >= 0.6 is 0 Å². The molecule has 0 spiro atoms. The van der Waals surface area contributed by atoms with E-state index in [4.69, 9.17) is 0 Å². The van der Waals surface area contributed by atoms with Crippen molar-refractivity contribution >= 4 is 16.1 Å². The zero-order valence-electron chi connectivity index (χ0n) is 13.8. The van der Waals surface area contributed by atoms with Gasteiger partial charge in [-0.2, -0.15) is 0 Å². The molecule has 3 nitrogen and oxygen atoms in total. The van der Waals surface area contributed by atoms with E-state index >= 15 is 0 Å². The summed E-state index contributed by atoms with van der Waals surface area (Å²) in [4.78, 5) is 11.0. The molecule has 4 heteroatoms. The molecule has 0 fully saturated rings. The highest BCUT2D eigenvalue weighted by Gasteiger charge is 2.09. The van der Waals surface area contributed by atoms with Gasteiger partial charge in [-0.05, 0) is 60.6 Å². The minimum Gasteiger partial charge on any atom is -0.298 e. The first-order chi connectivity index (χ1) is 10.8. The van der Waals surface area contributed by atoms with E-state index < -0.39 is 9.84 Å². The molecule has 0 aliphatic carbocycles. The summed E-state index contributed by atoms with van der Waals surface area (Å²) in [6, 6.07) is 11.8. The molecule has 2 aromatic rings. The third-order valence-electron chi connectivity index (χ3n) is 3.88. The van der Waals surface area contributed by atoms with Gasteiger partial charge >= 0.3 is 0 Å². The fourth-order valence-corrected chi connectivity index (χ4v) is 3.63. The lowest BCUT2D eigenvalue weighted by atomic mass is 9.92. The number of carbonyl (C=O) groups excluding carboxylic acids is 1. The van der Waals surface area contributed by atoms with Crippen molar-refractivity contribution in [3.8, 4) is 11.1 Å². The maximum absolute atomic E-state index is 11.2. The SMILES string of the molecule is Cc1cc(CCCS(C)(=O)=O)cc(C)c1-c1cccc(C=O)c1. The van der Waals surface area contributed by atoms with Crippen molar-refractivity contribution in [2.75, 3.05) is 12.0 Å². The van der Waals surface area contributed by atoms with Crippen LogP contribution in [0.3, 0.4) is 0 Å². The molecule has 0 aliphatic rings. The first-order valence-corrected chi connectivity index (χ1v) is 9.69. The summed E-state index contributed by atoms with van der Waals surface area (Å²) in [5, 5.41) is 0. The van der Waals surface area contributed by atoms with Gasteiger partial charge in [-0.15, -0.1) is 0 Å². The van der Waals surface area contributed by atoms with Crippen LogP contribution in [0.4, 0.5) is 0 Å². The summed E-state index contributed by atoms with van der Waals surface area (Å²) in [5.74, 6) is 0.216. The number of carbonyl (C=O) groups is 1. The Bertz CT molecular complexity index is 797. The molecule has 2 rings (SSSR count). The zero-order chi connectivity index (χ0) is 17.0. The van der Waals surface area contributed by atoms with E-state index in [0.717, 1.165) is 40.5 Å². The molecule has 23 heavy (non-hydrogen) atoms. The van der Waals surface area contributed by atoms with E-state index in [-0.39, 0.29) is 5.75 Å². The lowest BCUT2D eigenvalue weighted by Crippen LogP contribution is -2.04. The van der Waals surface area contributed by atoms with Gasteiger partial charge in [0.25, 0.3) is 0 Å². The molecular formula is C19H22O3S. The molecule has 0 radical (unpaired) electrons. The number of hydrogen-bond acceptors (Lipinski definition) is 3. The number of rotatable bonds is 6. The molecule has 122 valence electrons. The van der Waals surface area contributed by atoms with Crippen molar-refractivity contribution < 1.29 is 13.2 Å². The van der Waals surface area contributed by atoms with Crippen LogP contribution in [-0.2, 0) is 16.3 Å². The van der Waals surface area contributed by atoms with Crippen LogP contribution in [0.25, 0.3) is 11.1 Å². The van der Waals surface area contributed by atoms with Gasteiger partial charge in [0.15, 0.2) is 0 Å². The van der Waals surface area contributed by atoms with Crippen molar-refractivity contribution in [2.24, 2.45) is 0 Å². The van der Waals surface area contributed by atoms with Crippen LogP contribution in [0.1, 0.15) is 33.5 Å². The monoisotopic (exact) mass is 330 g/mol. The molecule has 0 N–H and O–H groups in total. The third kappa shape index (κ3) is 4.76. The predicted molar refractivity (Wildman–Crippen MR) is 94.8 cm³/mol. The Hall–Kier alpha value is -1.94. The van der Waals surface area contributed by atoms with Crippen LogP contribution in [0.2, 0.25) is 0 Å². The fourth-order valence-electron chi connectivity index (χ4n) is 2.96. The lowest BCUT2D eigenvalue weighted by Gasteiger charge is -2.13. The minimum atomic E-state index is -2.91. The van der Waals surface area contributed by atoms with E-state index in [9.17, 15) is 13.2 Å². The van der Waals surface area contributed by atoms with E-state index in [1.807, 2.05) is 18.2 Å².